The number of anilines is 2. The summed E-state index contributed by atoms with van der Waals surface area (Å²) in [5.74, 6) is -1.26. The van der Waals surface area contributed by atoms with Gasteiger partial charge in [-0.15, -0.1) is 0 Å². The Hall–Kier alpha value is -3.02. The molecule has 0 saturated heterocycles. The van der Waals surface area contributed by atoms with Gasteiger partial charge >= 0.3 is 11.9 Å². The van der Waals surface area contributed by atoms with Crippen LogP contribution in [-0.2, 0) is 24.5 Å². The summed E-state index contributed by atoms with van der Waals surface area (Å²) in [6.45, 7) is 15.6. The van der Waals surface area contributed by atoms with Gasteiger partial charge in [-0.05, 0) is 76.9 Å². The number of carbonyl (C=O) groups excluding carboxylic acids is 2. The molecule has 0 bridgehead atoms. The fourth-order valence-electron chi connectivity index (χ4n) is 4.22. The van der Waals surface area contributed by atoms with Gasteiger partial charge in [0.1, 0.15) is 0 Å². The molecular weight excluding hydrogens is 416 g/mol. The van der Waals surface area contributed by atoms with Crippen molar-refractivity contribution in [2.75, 3.05) is 49.2 Å². The van der Waals surface area contributed by atoms with Gasteiger partial charge in [-0.2, -0.15) is 0 Å². The zero-order valence-electron chi connectivity index (χ0n) is 20.9. The summed E-state index contributed by atoms with van der Waals surface area (Å²) in [7, 11) is 0. The first-order chi connectivity index (χ1) is 15.9. The second-order valence-electron chi connectivity index (χ2n) is 7.63. The highest BCUT2D eigenvalue weighted by atomic mass is 16.6. The average molecular weight is 455 g/mol. The molecule has 0 N–H and O–H groups in total. The molecule has 180 valence electrons. The number of rotatable bonds is 12. The fourth-order valence-corrected chi connectivity index (χ4v) is 4.22. The van der Waals surface area contributed by atoms with E-state index in [0.717, 1.165) is 37.6 Å². The Balaban J connectivity index is 2.71. The smallest absolute Gasteiger partial charge is 0.332 e. The maximum absolute atomic E-state index is 13.5. The molecule has 0 aromatic heterocycles. The van der Waals surface area contributed by atoms with E-state index < -0.39 is 17.4 Å². The van der Waals surface area contributed by atoms with Crippen LogP contribution in [-0.4, -0.2) is 51.3 Å². The van der Waals surface area contributed by atoms with Crippen LogP contribution in [0.5, 0.6) is 0 Å². The van der Waals surface area contributed by atoms with Gasteiger partial charge in [0.2, 0.25) is 5.41 Å². The summed E-state index contributed by atoms with van der Waals surface area (Å²) < 4.78 is 10.9. The monoisotopic (exact) mass is 454 g/mol. The molecule has 0 heterocycles. The molecule has 0 aliphatic heterocycles. The predicted octanol–water partition coefficient (Wildman–Crippen LogP) is 4.79. The molecule has 6 nitrogen and oxygen atoms in total. The Morgan fingerprint density at radius 1 is 0.606 bits per heavy atom. The first kappa shape index (κ1) is 26.2. The van der Waals surface area contributed by atoms with Crippen LogP contribution in [0, 0.1) is 0 Å². The maximum atomic E-state index is 13.5. The second kappa shape index (κ2) is 12.3. The zero-order valence-corrected chi connectivity index (χ0v) is 20.9. The number of nitrogens with zero attached hydrogens (tertiary/aromatic N) is 2. The Bertz CT molecular complexity index is 810. The minimum Gasteiger partial charge on any atom is -0.465 e. The molecule has 0 spiro atoms. The van der Waals surface area contributed by atoms with Crippen molar-refractivity contribution in [1.29, 1.82) is 0 Å². The van der Waals surface area contributed by atoms with Gasteiger partial charge in [0.25, 0.3) is 0 Å². The zero-order chi connectivity index (χ0) is 24.4. The molecule has 0 aliphatic carbocycles. The lowest BCUT2D eigenvalue weighted by molar-refractivity contribution is -0.162. The van der Waals surface area contributed by atoms with E-state index >= 15 is 0 Å². The second-order valence-corrected chi connectivity index (χ2v) is 7.63. The van der Waals surface area contributed by atoms with Gasteiger partial charge in [0, 0.05) is 37.6 Å². The Labute approximate surface area is 198 Å². The Morgan fingerprint density at radius 3 is 1.15 bits per heavy atom. The summed E-state index contributed by atoms with van der Waals surface area (Å²) >= 11 is 0. The van der Waals surface area contributed by atoms with Crippen molar-refractivity contribution in [2.24, 2.45) is 0 Å². The van der Waals surface area contributed by atoms with Crippen LogP contribution in [0.15, 0.2) is 48.5 Å². The van der Waals surface area contributed by atoms with E-state index in [0.29, 0.717) is 11.1 Å². The normalized spacial score (nSPS) is 11.1. The Kier molecular flexibility index (Phi) is 9.76. The van der Waals surface area contributed by atoms with Crippen molar-refractivity contribution < 1.29 is 19.1 Å². The highest BCUT2D eigenvalue weighted by Crippen LogP contribution is 2.37. The highest BCUT2D eigenvalue weighted by molar-refractivity contribution is 6.10. The lowest BCUT2D eigenvalue weighted by atomic mass is 9.74. The fraction of sp³-hybridized carbons (Fsp3) is 0.481. The minimum absolute atomic E-state index is 0.162. The lowest BCUT2D eigenvalue weighted by Gasteiger charge is -2.31. The third-order valence-electron chi connectivity index (χ3n) is 6.02. The molecular formula is C27H38N2O4. The van der Waals surface area contributed by atoms with Crippen LogP contribution >= 0.6 is 0 Å². The van der Waals surface area contributed by atoms with E-state index in [1.54, 1.807) is 13.8 Å². The van der Waals surface area contributed by atoms with Gasteiger partial charge in [-0.3, -0.25) is 9.59 Å². The Morgan fingerprint density at radius 2 is 0.909 bits per heavy atom. The largest absolute Gasteiger partial charge is 0.465 e. The van der Waals surface area contributed by atoms with Crippen LogP contribution < -0.4 is 9.80 Å². The van der Waals surface area contributed by atoms with Crippen LogP contribution in [0.4, 0.5) is 11.4 Å². The molecule has 0 radical (unpaired) electrons. The average Bonchev–Trinajstić information content (AvgIpc) is 2.83. The highest BCUT2D eigenvalue weighted by Gasteiger charge is 2.52. The third kappa shape index (κ3) is 5.32. The van der Waals surface area contributed by atoms with Crippen molar-refractivity contribution in [1.82, 2.24) is 0 Å². The molecule has 6 heteroatoms. The molecule has 0 atom stereocenters. The topological polar surface area (TPSA) is 59.1 Å². The van der Waals surface area contributed by atoms with E-state index in [4.69, 9.17) is 9.47 Å². The number of carbonyl (C=O) groups is 2. The van der Waals surface area contributed by atoms with Gasteiger partial charge in [-0.25, -0.2) is 0 Å². The summed E-state index contributed by atoms with van der Waals surface area (Å²) in [5, 5.41) is 0. The molecule has 33 heavy (non-hydrogen) atoms. The van der Waals surface area contributed by atoms with Crippen LogP contribution in [0.3, 0.4) is 0 Å². The summed E-state index contributed by atoms with van der Waals surface area (Å²) in [5.41, 5.74) is 1.43. The van der Waals surface area contributed by atoms with E-state index in [2.05, 4.69) is 37.5 Å². The predicted molar refractivity (Wildman–Crippen MR) is 134 cm³/mol. The molecule has 0 unspecified atom stereocenters. The van der Waals surface area contributed by atoms with Gasteiger partial charge < -0.3 is 19.3 Å². The first-order valence-electron chi connectivity index (χ1n) is 12.0. The van der Waals surface area contributed by atoms with E-state index in [-0.39, 0.29) is 13.2 Å². The van der Waals surface area contributed by atoms with E-state index in [1.165, 1.54) is 0 Å². The van der Waals surface area contributed by atoms with Crippen molar-refractivity contribution in [3.63, 3.8) is 0 Å². The van der Waals surface area contributed by atoms with Gasteiger partial charge in [-0.1, -0.05) is 24.3 Å². The molecule has 0 fully saturated rings. The van der Waals surface area contributed by atoms with Crippen LogP contribution in [0.2, 0.25) is 0 Å². The standard InChI is InChI=1S/C27H38N2O4/c1-7-28(8-2)23-17-13-21(14-18-23)27(25(30)32-11-5,26(31)33-12-6)22-15-19-24(20-16-22)29(9-3)10-4/h13-20H,7-12H2,1-6H3. The van der Waals surface area contributed by atoms with Crippen molar-refractivity contribution in [3.05, 3.63) is 59.7 Å². The van der Waals surface area contributed by atoms with Crippen molar-refractivity contribution >= 4 is 23.3 Å². The molecule has 2 rings (SSSR count). The summed E-state index contributed by atoms with van der Waals surface area (Å²) in [6, 6.07) is 15.1. The lowest BCUT2D eigenvalue weighted by Crippen LogP contribution is -2.47. The third-order valence-corrected chi connectivity index (χ3v) is 6.02. The van der Waals surface area contributed by atoms with Gasteiger partial charge in [0.15, 0.2) is 0 Å². The number of hydrogen-bond acceptors (Lipinski definition) is 6. The molecule has 0 aliphatic rings. The van der Waals surface area contributed by atoms with Crippen molar-refractivity contribution in [3.8, 4) is 0 Å². The maximum Gasteiger partial charge on any atom is 0.332 e. The summed E-state index contributed by atoms with van der Waals surface area (Å²) in [4.78, 5) is 31.4. The molecule has 0 saturated carbocycles. The van der Waals surface area contributed by atoms with Crippen LogP contribution in [0.1, 0.15) is 52.7 Å². The van der Waals surface area contributed by atoms with Crippen molar-refractivity contribution in [2.45, 2.75) is 47.0 Å². The minimum atomic E-state index is -1.70. The molecule has 2 aromatic rings. The quantitative estimate of drug-likeness (QED) is 0.339. The number of benzene rings is 2. The number of ether oxygens (including phenoxy) is 2. The summed E-state index contributed by atoms with van der Waals surface area (Å²) in [6.07, 6.45) is 0. The van der Waals surface area contributed by atoms with E-state index in [1.807, 2.05) is 48.5 Å². The van der Waals surface area contributed by atoms with Crippen LogP contribution in [0.25, 0.3) is 0 Å². The SMILES string of the molecule is CCOC(=O)C(C(=O)OCC)(c1ccc(N(CC)CC)cc1)c1ccc(N(CC)CC)cc1. The first-order valence-corrected chi connectivity index (χ1v) is 12.0. The number of hydrogen-bond donors (Lipinski definition) is 0. The van der Waals surface area contributed by atoms with E-state index in [9.17, 15) is 9.59 Å². The number of esters is 2. The molecule has 0 amide bonds. The molecule has 2 aromatic carbocycles. The van der Waals surface area contributed by atoms with Gasteiger partial charge in [0.05, 0.1) is 13.2 Å².